The minimum absolute atomic E-state index is 0. The van der Waals surface area contributed by atoms with Crippen molar-refractivity contribution in [3.63, 3.8) is 0 Å². The summed E-state index contributed by atoms with van der Waals surface area (Å²) in [5, 5.41) is 3.68. The molecule has 1 aromatic carbocycles. The summed E-state index contributed by atoms with van der Waals surface area (Å²) in [4.78, 5) is 40.5. The summed E-state index contributed by atoms with van der Waals surface area (Å²) in [5.41, 5.74) is 2.53. The van der Waals surface area contributed by atoms with Crippen LogP contribution in [0.15, 0.2) is 36.7 Å². The molecule has 220 valence electrons. The third-order valence-electron chi connectivity index (χ3n) is 7.42. The van der Waals surface area contributed by atoms with E-state index >= 15 is 0 Å². The molecule has 40 heavy (non-hydrogen) atoms. The van der Waals surface area contributed by atoms with Crippen molar-refractivity contribution < 1.29 is 45.9 Å². The van der Waals surface area contributed by atoms with E-state index in [-0.39, 0.29) is 37.0 Å². The fraction of sp³-hybridized carbons (Fsp3) is 0.552. The second kappa shape index (κ2) is 13.0. The van der Waals surface area contributed by atoms with Crippen molar-refractivity contribution in [1.82, 2.24) is 14.8 Å². The topological polar surface area (TPSA) is 104 Å². The molecule has 4 rings (SSSR count). The van der Waals surface area contributed by atoms with Gasteiger partial charge < -0.3 is 36.5 Å². The molecule has 0 bridgehead atoms. The van der Waals surface area contributed by atoms with Gasteiger partial charge in [-0.1, -0.05) is 18.2 Å². The van der Waals surface area contributed by atoms with E-state index in [0.29, 0.717) is 19.5 Å². The molecule has 1 amide bonds. The summed E-state index contributed by atoms with van der Waals surface area (Å²) in [6.07, 6.45) is 4.36. The van der Waals surface area contributed by atoms with Crippen molar-refractivity contribution in [3.8, 4) is 0 Å². The second-order valence-corrected chi connectivity index (χ2v) is 11.5. The summed E-state index contributed by atoms with van der Waals surface area (Å²) in [5.74, 6) is 0.154. The average molecular weight is 577 g/mol. The molecule has 2 N–H and O–H groups in total. The molecule has 0 saturated heterocycles. The fourth-order valence-corrected chi connectivity index (χ4v) is 5.28. The van der Waals surface area contributed by atoms with Gasteiger partial charge in [0.1, 0.15) is 17.9 Å². The number of Topliss-reactive ketones (excluding diaryl/α,β-unsaturated/α-hetero) is 1. The summed E-state index contributed by atoms with van der Waals surface area (Å²) in [6.45, 7) is 10.2. The number of aryl methyl sites for hydroxylation is 1. The Hall–Kier alpha value is -3.24. The minimum atomic E-state index is -0.764. The number of para-hydroxylation sites is 1. The Morgan fingerprint density at radius 1 is 1.23 bits per heavy atom. The Labute approximate surface area is 242 Å². The van der Waals surface area contributed by atoms with Crippen LogP contribution >= 0.6 is 0 Å². The van der Waals surface area contributed by atoms with Gasteiger partial charge in [0.15, 0.2) is 18.7 Å². The van der Waals surface area contributed by atoms with E-state index in [2.05, 4.69) is 16.0 Å². The quantitative estimate of drug-likeness (QED) is 0.437. The number of aromatic nitrogens is 1. The molecule has 11 heteroatoms. The molecule has 0 fully saturated rings. The van der Waals surface area contributed by atoms with Gasteiger partial charge in [-0.25, -0.2) is 9.59 Å². The summed E-state index contributed by atoms with van der Waals surface area (Å²) in [6, 6.07) is 8.10. The average Bonchev–Trinajstić information content (AvgIpc) is 3.35. The molecule has 4 atom stereocenters. The Balaban J connectivity index is 0.00000441. The number of fused-ring (bicyclic) bond motifs is 3. The molecule has 0 spiro atoms. The number of amides is 1. The molecule has 2 aliphatic rings. The van der Waals surface area contributed by atoms with Crippen molar-refractivity contribution >= 4 is 28.9 Å². The number of benzene rings is 1. The molecule has 2 heterocycles. The zero-order valence-corrected chi connectivity index (χ0v) is 24.9. The number of hydrogen-bond acceptors (Lipinski definition) is 7. The molecular formula is C29H41ClN4O6. The van der Waals surface area contributed by atoms with Gasteiger partial charge in [0.05, 0.1) is 18.7 Å². The molecular weight excluding hydrogens is 536 g/mol. The molecule has 1 aromatic heterocycles. The van der Waals surface area contributed by atoms with Crippen LogP contribution in [0.1, 0.15) is 63.5 Å². The van der Waals surface area contributed by atoms with Crippen LogP contribution in [0.25, 0.3) is 10.9 Å². The van der Waals surface area contributed by atoms with E-state index in [1.807, 2.05) is 49.5 Å². The number of nitrogens with zero attached hydrogens (tertiary/aromatic N) is 2. The lowest BCUT2D eigenvalue weighted by molar-refractivity contribution is -0.878. The molecule has 0 radical (unpaired) electrons. The number of ether oxygens (including phenoxy) is 3. The molecule has 1 aliphatic heterocycles. The van der Waals surface area contributed by atoms with Gasteiger partial charge in [-0.2, -0.15) is 0 Å². The SMILES string of the molecule is CC(CCNC(=O)OC(C)(C)C)OC(=O)OCN1C=C[NH+](CC2CCc3c(c4ccccc4n3C)C2=O)C1C.[Cl-]. The molecule has 10 nitrogen and oxygen atoms in total. The summed E-state index contributed by atoms with van der Waals surface area (Å²) >= 11 is 0. The standard InChI is InChI=1S/C29H40N4O6.ClH/c1-19(13-14-30-27(35)39-29(3,4)5)38-28(36)37-18-33-16-15-32(20(33)2)17-21-11-12-24-25(26(21)34)22-9-7-8-10-23(22)31(24)6;/h7-10,15-16,19-21H,11-14,17-18H2,1-6H3,(H,30,35);1H. The van der Waals surface area contributed by atoms with E-state index in [4.69, 9.17) is 14.2 Å². The molecule has 1 aliphatic carbocycles. The monoisotopic (exact) mass is 576 g/mol. The zero-order chi connectivity index (χ0) is 28.3. The Morgan fingerprint density at radius 2 is 1.95 bits per heavy atom. The third kappa shape index (κ3) is 7.28. The highest BCUT2D eigenvalue weighted by atomic mass is 35.5. The van der Waals surface area contributed by atoms with Crippen LogP contribution in [0.5, 0.6) is 0 Å². The van der Waals surface area contributed by atoms with Gasteiger partial charge in [0.25, 0.3) is 0 Å². The van der Waals surface area contributed by atoms with Gasteiger partial charge in [-0.05, 0) is 46.6 Å². The number of carbonyl (C=O) groups is 3. The zero-order valence-electron chi connectivity index (χ0n) is 24.2. The number of hydrogen-bond donors (Lipinski definition) is 2. The maximum Gasteiger partial charge on any atom is 0.510 e. The number of ketones is 1. The number of quaternary nitrogens is 1. The number of halogens is 1. The van der Waals surface area contributed by atoms with Crippen molar-refractivity contribution in [2.45, 2.75) is 71.8 Å². The Morgan fingerprint density at radius 3 is 2.67 bits per heavy atom. The van der Waals surface area contributed by atoms with Gasteiger partial charge >= 0.3 is 12.2 Å². The van der Waals surface area contributed by atoms with E-state index in [0.717, 1.165) is 39.9 Å². The van der Waals surface area contributed by atoms with Crippen molar-refractivity contribution in [2.75, 3.05) is 19.8 Å². The highest BCUT2D eigenvalue weighted by Crippen LogP contribution is 2.33. The van der Waals surface area contributed by atoms with Crippen LogP contribution in [-0.2, 0) is 27.7 Å². The van der Waals surface area contributed by atoms with Crippen LogP contribution in [0.4, 0.5) is 9.59 Å². The molecule has 0 saturated carbocycles. The van der Waals surface area contributed by atoms with Gasteiger partial charge in [0, 0.05) is 49.1 Å². The van der Waals surface area contributed by atoms with E-state index in [1.165, 1.54) is 0 Å². The third-order valence-corrected chi connectivity index (χ3v) is 7.42. The Kier molecular flexibility index (Phi) is 10.1. The van der Waals surface area contributed by atoms with Crippen molar-refractivity contribution in [2.24, 2.45) is 13.0 Å². The molecule has 2 aromatic rings. The lowest BCUT2D eigenvalue weighted by atomic mass is 9.84. The maximum absolute atomic E-state index is 13.5. The van der Waals surface area contributed by atoms with Crippen LogP contribution in [0.2, 0.25) is 0 Å². The van der Waals surface area contributed by atoms with Gasteiger partial charge in [-0.15, -0.1) is 0 Å². The van der Waals surface area contributed by atoms with Crippen LogP contribution in [-0.4, -0.2) is 65.2 Å². The van der Waals surface area contributed by atoms with E-state index in [1.54, 1.807) is 27.7 Å². The highest BCUT2D eigenvalue weighted by molar-refractivity contribution is 6.11. The first-order chi connectivity index (χ1) is 18.4. The summed E-state index contributed by atoms with van der Waals surface area (Å²) < 4.78 is 18.0. The van der Waals surface area contributed by atoms with Crippen LogP contribution in [0.3, 0.4) is 0 Å². The van der Waals surface area contributed by atoms with Gasteiger partial charge in [0.2, 0.25) is 0 Å². The number of nitrogens with one attached hydrogen (secondary N) is 2. The predicted molar refractivity (Wildman–Crippen MR) is 146 cm³/mol. The number of alkyl carbamates (subject to hydrolysis) is 1. The van der Waals surface area contributed by atoms with Crippen LogP contribution < -0.4 is 22.6 Å². The summed E-state index contributed by atoms with van der Waals surface area (Å²) in [7, 11) is 2.04. The first kappa shape index (κ1) is 31.3. The van der Waals surface area contributed by atoms with E-state index in [9.17, 15) is 14.4 Å². The Bertz CT molecular complexity index is 1250. The maximum atomic E-state index is 13.5. The fourth-order valence-electron chi connectivity index (χ4n) is 5.28. The van der Waals surface area contributed by atoms with Crippen LogP contribution in [0, 0.1) is 5.92 Å². The van der Waals surface area contributed by atoms with Crippen molar-refractivity contribution in [1.29, 1.82) is 0 Å². The smallest absolute Gasteiger partial charge is 0.510 e. The highest BCUT2D eigenvalue weighted by Gasteiger charge is 2.37. The lowest BCUT2D eigenvalue weighted by Gasteiger charge is -2.28. The first-order valence-electron chi connectivity index (χ1n) is 13.6. The number of carbonyl (C=O) groups excluding carboxylic acids is 3. The largest absolute Gasteiger partial charge is 1.00 e. The first-order valence-corrected chi connectivity index (χ1v) is 13.6. The predicted octanol–water partition coefficient (Wildman–Crippen LogP) is 0.359. The van der Waals surface area contributed by atoms with E-state index < -0.39 is 24.0 Å². The lowest BCUT2D eigenvalue weighted by Crippen LogP contribution is -3.11. The van der Waals surface area contributed by atoms with Gasteiger partial charge in [-0.3, -0.25) is 14.6 Å². The molecule has 4 unspecified atom stereocenters. The second-order valence-electron chi connectivity index (χ2n) is 11.5. The minimum Gasteiger partial charge on any atom is -1.00 e. The normalized spacial score (nSPS) is 21.0. The van der Waals surface area contributed by atoms with Crippen molar-refractivity contribution in [3.05, 3.63) is 47.9 Å². The number of rotatable bonds is 8.